The van der Waals surface area contributed by atoms with Crippen LogP contribution >= 0.6 is 11.3 Å². The maximum absolute atomic E-state index is 11.8. The Balaban J connectivity index is 1.81. The number of carbonyl (C=O) groups excluding carboxylic acids is 2. The Hall–Kier alpha value is -1.83. The summed E-state index contributed by atoms with van der Waals surface area (Å²) in [6.07, 6.45) is 0. The van der Waals surface area contributed by atoms with E-state index in [4.69, 9.17) is 5.73 Å². The molecule has 0 unspecified atom stereocenters. The van der Waals surface area contributed by atoms with E-state index in [1.165, 1.54) is 11.3 Å². The van der Waals surface area contributed by atoms with Crippen LogP contribution in [0.3, 0.4) is 0 Å². The first-order valence-electron chi connectivity index (χ1n) is 5.62. The third-order valence-corrected chi connectivity index (χ3v) is 3.62. The van der Waals surface area contributed by atoms with Gasteiger partial charge in [-0.25, -0.2) is 9.78 Å². The normalized spacial score (nSPS) is 14.7. The molecular formula is C10H15N5O2S. The van der Waals surface area contributed by atoms with E-state index in [-0.39, 0.29) is 11.9 Å². The highest BCUT2D eigenvalue weighted by Gasteiger charge is 2.19. The zero-order valence-corrected chi connectivity index (χ0v) is 10.8. The van der Waals surface area contributed by atoms with E-state index in [1.807, 2.05) is 0 Å². The van der Waals surface area contributed by atoms with Crippen molar-refractivity contribution in [1.82, 2.24) is 20.5 Å². The number of hydrogen-bond acceptors (Lipinski definition) is 5. The van der Waals surface area contributed by atoms with Crippen LogP contribution in [0.15, 0.2) is 0 Å². The van der Waals surface area contributed by atoms with Gasteiger partial charge in [-0.3, -0.25) is 4.79 Å². The summed E-state index contributed by atoms with van der Waals surface area (Å²) in [5.74, 6) is -0.193. The fourth-order valence-electron chi connectivity index (χ4n) is 1.74. The molecule has 0 spiro atoms. The van der Waals surface area contributed by atoms with Crippen molar-refractivity contribution in [3.05, 3.63) is 10.6 Å². The van der Waals surface area contributed by atoms with Crippen LogP contribution in [0.4, 0.5) is 9.93 Å². The molecule has 0 bridgehead atoms. The van der Waals surface area contributed by atoms with Crippen LogP contribution in [0.1, 0.15) is 15.4 Å². The summed E-state index contributed by atoms with van der Waals surface area (Å²) in [5.41, 5.74) is 6.16. The van der Waals surface area contributed by atoms with Crippen LogP contribution in [0.25, 0.3) is 0 Å². The summed E-state index contributed by atoms with van der Waals surface area (Å²) >= 11 is 1.17. The highest BCUT2D eigenvalue weighted by Crippen LogP contribution is 2.19. The minimum atomic E-state index is -0.193. The highest BCUT2D eigenvalue weighted by molar-refractivity contribution is 7.17. The molecule has 0 atom stereocenters. The Morgan fingerprint density at radius 1 is 1.67 bits per heavy atom. The van der Waals surface area contributed by atoms with E-state index in [2.05, 4.69) is 15.6 Å². The predicted octanol–water partition coefficient (Wildman–Crippen LogP) is -0.211. The van der Waals surface area contributed by atoms with Gasteiger partial charge in [0, 0.05) is 26.2 Å². The number of nitrogen functional groups attached to an aromatic ring is 1. The number of carbonyl (C=O) groups is 2. The zero-order chi connectivity index (χ0) is 13.1. The quantitative estimate of drug-likeness (QED) is 0.704. The minimum Gasteiger partial charge on any atom is -0.375 e. The molecule has 1 aliphatic heterocycles. The summed E-state index contributed by atoms with van der Waals surface area (Å²) < 4.78 is 0. The van der Waals surface area contributed by atoms with E-state index in [1.54, 1.807) is 11.8 Å². The van der Waals surface area contributed by atoms with Gasteiger partial charge in [-0.1, -0.05) is 11.3 Å². The lowest BCUT2D eigenvalue weighted by Gasteiger charge is -2.13. The molecule has 0 radical (unpaired) electrons. The number of nitrogens with one attached hydrogen (secondary N) is 2. The van der Waals surface area contributed by atoms with Crippen molar-refractivity contribution in [3.63, 3.8) is 0 Å². The summed E-state index contributed by atoms with van der Waals surface area (Å²) in [6.45, 7) is 4.02. The standard InChI is InChI=1S/C10H15N5O2S/c1-6-7(18-9(11)14-6)8(16)12-2-4-15-5-3-13-10(15)17/h2-5H2,1H3,(H2,11,14)(H,12,16)(H,13,17). The van der Waals surface area contributed by atoms with Crippen molar-refractivity contribution in [2.75, 3.05) is 31.9 Å². The Kier molecular flexibility index (Phi) is 3.66. The number of rotatable bonds is 4. The molecule has 1 aromatic rings. The van der Waals surface area contributed by atoms with Crippen molar-refractivity contribution >= 4 is 28.4 Å². The molecule has 1 aliphatic rings. The van der Waals surface area contributed by atoms with Crippen molar-refractivity contribution in [2.45, 2.75) is 6.92 Å². The molecule has 1 fully saturated rings. The zero-order valence-electron chi connectivity index (χ0n) is 10.0. The second kappa shape index (κ2) is 5.21. The monoisotopic (exact) mass is 269 g/mol. The first-order valence-corrected chi connectivity index (χ1v) is 6.43. The van der Waals surface area contributed by atoms with E-state index in [9.17, 15) is 9.59 Å². The Morgan fingerprint density at radius 3 is 3.00 bits per heavy atom. The van der Waals surface area contributed by atoms with Gasteiger partial charge in [-0.2, -0.15) is 0 Å². The van der Waals surface area contributed by atoms with E-state index >= 15 is 0 Å². The van der Waals surface area contributed by atoms with Crippen LogP contribution in [0.5, 0.6) is 0 Å². The summed E-state index contributed by atoms with van der Waals surface area (Å²) in [5, 5.41) is 5.84. The van der Waals surface area contributed by atoms with Gasteiger partial charge in [-0.05, 0) is 6.92 Å². The van der Waals surface area contributed by atoms with Crippen LogP contribution in [0, 0.1) is 6.92 Å². The number of urea groups is 1. The molecule has 8 heteroatoms. The molecule has 1 saturated heterocycles. The molecule has 0 aromatic carbocycles. The maximum Gasteiger partial charge on any atom is 0.317 e. The first-order chi connectivity index (χ1) is 8.58. The van der Waals surface area contributed by atoms with Crippen molar-refractivity contribution < 1.29 is 9.59 Å². The number of nitrogens with two attached hydrogens (primary N) is 1. The molecule has 18 heavy (non-hydrogen) atoms. The molecule has 0 saturated carbocycles. The number of thiazole rings is 1. The van der Waals surface area contributed by atoms with Gasteiger partial charge in [0.15, 0.2) is 5.13 Å². The number of anilines is 1. The van der Waals surface area contributed by atoms with Crippen LogP contribution in [-0.2, 0) is 0 Å². The molecule has 98 valence electrons. The third kappa shape index (κ3) is 2.70. The van der Waals surface area contributed by atoms with Crippen molar-refractivity contribution in [1.29, 1.82) is 0 Å². The van der Waals surface area contributed by atoms with Gasteiger partial charge in [0.1, 0.15) is 4.88 Å². The van der Waals surface area contributed by atoms with Gasteiger partial charge < -0.3 is 21.3 Å². The largest absolute Gasteiger partial charge is 0.375 e. The Labute approximate surface area is 108 Å². The minimum absolute atomic E-state index is 0.0811. The first kappa shape index (κ1) is 12.6. The second-order valence-corrected chi connectivity index (χ2v) is 4.97. The van der Waals surface area contributed by atoms with E-state index in [0.29, 0.717) is 41.9 Å². The maximum atomic E-state index is 11.8. The SMILES string of the molecule is Cc1nc(N)sc1C(=O)NCCN1CCNC1=O. The molecule has 1 aromatic heterocycles. The fourth-order valence-corrected chi connectivity index (χ4v) is 2.49. The van der Waals surface area contributed by atoms with E-state index < -0.39 is 0 Å². The van der Waals surface area contributed by atoms with Gasteiger partial charge >= 0.3 is 6.03 Å². The molecule has 2 heterocycles. The smallest absolute Gasteiger partial charge is 0.317 e. The van der Waals surface area contributed by atoms with Crippen LogP contribution in [0.2, 0.25) is 0 Å². The van der Waals surface area contributed by atoms with Crippen LogP contribution in [-0.4, -0.2) is 48.0 Å². The Bertz CT molecular complexity index is 473. The highest BCUT2D eigenvalue weighted by atomic mass is 32.1. The predicted molar refractivity (Wildman–Crippen MR) is 68.6 cm³/mol. The average Bonchev–Trinajstić information content (AvgIpc) is 2.85. The average molecular weight is 269 g/mol. The summed E-state index contributed by atoms with van der Waals surface area (Å²) in [6, 6.07) is -0.0811. The summed E-state index contributed by atoms with van der Waals surface area (Å²) in [7, 11) is 0. The third-order valence-electron chi connectivity index (χ3n) is 2.63. The van der Waals surface area contributed by atoms with Crippen molar-refractivity contribution in [3.8, 4) is 0 Å². The number of amides is 3. The molecular weight excluding hydrogens is 254 g/mol. The molecule has 3 amide bonds. The number of hydrogen-bond donors (Lipinski definition) is 3. The lowest BCUT2D eigenvalue weighted by molar-refractivity contribution is 0.0953. The van der Waals surface area contributed by atoms with Gasteiger partial charge in [0.2, 0.25) is 0 Å². The van der Waals surface area contributed by atoms with Gasteiger partial charge in [-0.15, -0.1) is 0 Å². The molecule has 4 N–H and O–H groups in total. The second-order valence-electron chi connectivity index (χ2n) is 3.94. The lowest BCUT2D eigenvalue weighted by atomic mass is 10.3. The lowest BCUT2D eigenvalue weighted by Crippen LogP contribution is -2.36. The topological polar surface area (TPSA) is 100 Å². The fraction of sp³-hybridized carbons (Fsp3) is 0.500. The molecule has 7 nitrogen and oxygen atoms in total. The Morgan fingerprint density at radius 2 is 2.44 bits per heavy atom. The number of nitrogens with zero attached hydrogens (tertiary/aromatic N) is 2. The van der Waals surface area contributed by atoms with Gasteiger partial charge in [0.25, 0.3) is 5.91 Å². The molecule has 2 rings (SSSR count). The number of aryl methyl sites for hydroxylation is 1. The molecule has 0 aliphatic carbocycles. The van der Waals surface area contributed by atoms with Crippen molar-refractivity contribution in [2.24, 2.45) is 0 Å². The summed E-state index contributed by atoms with van der Waals surface area (Å²) in [4.78, 5) is 29.3. The van der Waals surface area contributed by atoms with Gasteiger partial charge in [0.05, 0.1) is 5.69 Å². The number of aromatic nitrogens is 1. The van der Waals surface area contributed by atoms with Crippen LogP contribution < -0.4 is 16.4 Å². The van der Waals surface area contributed by atoms with E-state index in [0.717, 1.165) is 0 Å².